The van der Waals surface area contributed by atoms with Crippen molar-refractivity contribution in [2.45, 2.75) is 20.1 Å². The largest absolute Gasteiger partial charge is 0.435 e. The lowest BCUT2D eigenvalue weighted by atomic mass is 10.3. The van der Waals surface area contributed by atoms with Crippen LogP contribution in [0.25, 0.3) is 10.2 Å². The lowest BCUT2D eigenvalue weighted by molar-refractivity contribution is -0.116. The van der Waals surface area contributed by atoms with Crippen molar-refractivity contribution in [2.75, 3.05) is 5.32 Å². The Morgan fingerprint density at radius 3 is 2.96 bits per heavy atom. The zero-order valence-electron chi connectivity index (χ0n) is 12.0. The van der Waals surface area contributed by atoms with Gasteiger partial charge in [0.2, 0.25) is 5.91 Å². The first-order chi connectivity index (χ1) is 11.0. The van der Waals surface area contributed by atoms with E-state index in [4.69, 9.17) is 0 Å². The number of nitrogens with zero attached hydrogens (tertiary/aromatic N) is 3. The maximum atomic E-state index is 12.2. The van der Waals surface area contributed by atoms with E-state index in [9.17, 15) is 13.6 Å². The highest BCUT2D eigenvalue weighted by atomic mass is 32.1. The van der Waals surface area contributed by atoms with Gasteiger partial charge in [-0.05, 0) is 31.2 Å². The van der Waals surface area contributed by atoms with E-state index in [0.29, 0.717) is 15.3 Å². The molecule has 0 unspecified atom stereocenters. The van der Waals surface area contributed by atoms with Gasteiger partial charge in [0.15, 0.2) is 5.13 Å². The lowest BCUT2D eigenvalue weighted by Gasteiger charge is -2.03. The van der Waals surface area contributed by atoms with E-state index in [1.165, 1.54) is 23.5 Å². The van der Waals surface area contributed by atoms with Crippen LogP contribution < -0.4 is 10.1 Å². The Balaban J connectivity index is 1.73. The maximum absolute atomic E-state index is 12.2. The average molecular weight is 338 g/mol. The summed E-state index contributed by atoms with van der Waals surface area (Å²) in [5.74, 6) is -0.207. The highest BCUT2D eigenvalue weighted by molar-refractivity contribution is 7.22. The van der Waals surface area contributed by atoms with E-state index in [-0.39, 0.29) is 18.2 Å². The second-order valence-electron chi connectivity index (χ2n) is 4.71. The molecular weight excluding hydrogens is 326 g/mol. The Morgan fingerprint density at radius 1 is 1.43 bits per heavy atom. The first-order valence-electron chi connectivity index (χ1n) is 6.65. The van der Waals surface area contributed by atoms with E-state index in [2.05, 4.69) is 20.1 Å². The Morgan fingerprint density at radius 2 is 2.26 bits per heavy atom. The maximum Gasteiger partial charge on any atom is 0.387 e. The number of ether oxygens (including phenoxy) is 1. The van der Waals surface area contributed by atoms with Gasteiger partial charge in [-0.25, -0.2) is 4.98 Å². The van der Waals surface area contributed by atoms with Crippen molar-refractivity contribution in [1.29, 1.82) is 0 Å². The number of benzene rings is 1. The smallest absolute Gasteiger partial charge is 0.387 e. The molecule has 3 aromatic rings. The number of aryl methyl sites for hydroxylation is 1. The van der Waals surface area contributed by atoms with Crippen molar-refractivity contribution in [3.05, 3.63) is 36.2 Å². The minimum absolute atomic E-state index is 0.0567. The van der Waals surface area contributed by atoms with Gasteiger partial charge < -0.3 is 10.1 Å². The third kappa shape index (κ3) is 3.62. The molecule has 0 radical (unpaired) electrons. The molecule has 0 atom stereocenters. The summed E-state index contributed by atoms with van der Waals surface area (Å²) in [5.41, 5.74) is 1.47. The molecular formula is C14H12F2N4O2S. The molecule has 9 heteroatoms. The van der Waals surface area contributed by atoms with Crippen molar-refractivity contribution >= 4 is 32.6 Å². The molecule has 1 aromatic carbocycles. The lowest BCUT2D eigenvalue weighted by Crippen LogP contribution is -2.20. The number of halogens is 2. The number of carbonyl (C=O) groups excluding carboxylic acids is 1. The molecule has 0 aliphatic heterocycles. The summed E-state index contributed by atoms with van der Waals surface area (Å²) in [6, 6.07) is 6.24. The van der Waals surface area contributed by atoms with Crippen molar-refractivity contribution in [3.63, 3.8) is 0 Å². The minimum Gasteiger partial charge on any atom is -0.435 e. The molecule has 1 N–H and O–H groups in total. The van der Waals surface area contributed by atoms with Crippen molar-refractivity contribution in [1.82, 2.24) is 14.8 Å². The number of aromatic nitrogens is 3. The summed E-state index contributed by atoms with van der Waals surface area (Å²) in [5, 5.41) is 7.10. The predicted molar refractivity (Wildman–Crippen MR) is 81.8 cm³/mol. The van der Waals surface area contributed by atoms with E-state index in [1.54, 1.807) is 23.0 Å². The van der Waals surface area contributed by atoms with Crippen molar-refractivity contribution in [3.8, 4) is 5.75 Å². The Bertz CT molecular complexity index is 846. The topological polar surface area (TPSA) is 69.0 Å². The van der Waals surface area contributed by atoms with Gasteiger partial charge in [0.05, 0.1) is 10.2 Å². The van der Waals surface area contributed by atoms with Crippen LogP contribution in [0.5, 0.6) is 5.75 Å². The summed E-state index contributed by atoms with van der Waals surface area (Å²) in [6.45, 7) is -0.950. The van der Waals surface area contributed by atoms with Gasteiger partial charge in [-0.2, -0.15) is 13.9 Å². The molecule has 6 nitrogen and oxygen atoms in total. The van der Waals surface area contributed by atoms with E-state index >= 15 is 0 Å². The van der Waals surface area contributed by atoms with Gasteiger partial charge in [0.1, 0.15) is 12.3 Å². The number of rotatable bonds is 5. The molecule has 0 bridgehead atoms. The quantitative estimate of drug-likeness (QED) is 0.776. The highest BCUT2D eigenvalue weighted by Gasteiger charge is 2.11. The van der Waals surface area contributed by atoms with Crippen LogP contribution in [0.4, 0.5) is 13.9 Å². The fourth-order valence-electron chi connectivity index (χ4n) is 1.99. The van der Waals surface area contributed by atoms with E-state index < -0.39 is 6.61 Å². The van der Waals surface area contributed by atoms with Gasteiger partial charge in [-0.3, -0.25) is 9.48 Å². The summed E-state index contributed by atoms with van der Waals surface area (Å²) < 4.78 is 31.0. The average Bonchev–Trinajstić information content (AvgIpc) is 3.04. The van der Waals surface area contributed by atoms with Crippen LogP contribution in [0.1, 0.15) is 5.69 Å². The van der Waals surface area contributed by atoms with Gasteiger partial charge in [-0.15, -0.1) is 0 Å². The molecule has 0 spiro atoms. The Kier molecular flexibility index (Phi) is 4.20. The number of nitrogens with one attached hydrogen (secondary N) is 1. The molecule has 2 aromatic heterocycles. The number of anilines is 1. The summed E-state index contributed by atoms with van der Waals surface area (Å²) in [4.78, 5) is 16.2. The fourth-order valence-corrected chi connectivity index (χ4v) is 2.90. The molecule has 0 aliphatic rings. The van der Waals surface area contributed by atoms with Crippen LogP contribution in [0.2, 0.25) is 0 Å². The van der Waals surface area contributed by atoms with E-state index in [0.717, 1.165) is 5.69 Å². The molecule has 0 fully saturated rings. The normalized spacial score (nSPS) is 11.1. The van der Waals surface area contributed by atoms with Gasteiger partial charge in [0, 0.05) is 11.9 Å². The monoisotopic (exact) mass is 338 g/mol. The molecule has 0 saturated heterocycles. The van der Waals surface area contributed by atoms with E-state index in [1.807, 2.05) is 6.92 Å². The number of hydrogen-bond donors (Lipinski definition) is 1. The highest BCUT2D eigenvalue weighted by Crippen LogP contribution is 2.29. The number of thiazole rings is 1. The van der Waals surface area contributed by atoms with Crippen molar-refractivity contribution in [2.24, 2.45) is 0 Å². The molecule has 2 heterocycles. The van der Waals surface area contributed by atoms with Crippen LogP contribution in [0.15, 0.2) is 30.5 Å². The third-order valence-electron chi connectivity index (χ3n) is 3.05. The number of alkyl halides is 2. The summed E-state index contributed by atoms with van der Waals surface area (Å²) in [7, 11) is 0. The summed E-state index contributed by atoms with van der Waals surface area (Å²) in [6.07, 6.45) is 1.62. The first kappa shape index (κ1) is 15.3. The standard InChI is InChI=1S/C14H12F2N4O2S/c1-8-4-5-17-20(8)7-12(21)19-14-18-10-3-2-9(22-13(15)16)6-11(10)23-14/h2-6,13H,7H2,1H3,(H,18,19,21). The van der Waals surface area contributed by atoms with Crippen LogP contribution in [-0.4, -0.2) is 27.3 Å². The minimum atomic E-state index is -2.88. The second-order valence-corrected chi connectivity index (χ2v) is 5.74. The Hall–Kier alpha value is -2.55. The number of amides is 1. The second kappa shape index (κ2) is 6.29. The first-order valence-corrected chi connectivity index (χ1v) is 7.46. The summed E-state index contributed by atoms with van der Waals surface area (Å²) >= 11 is 1.19. The SMILES string of the molecule is Cc1ccnn1CC(=O)Nc1nc2ccc(OC(F)F)cc2s1. The molecule has 0 aliphatic carbocycles. The third-order valence-corrected chi connectivity index (χ3v) is 3.99. The van der Waals surface area contributed by atoms with Crippen LogP contribution in [0, 0.1) is 6.92 Å². The zero-order chi connectivity index (χ0) is 16.4. The Labute approximate surface area is 133 Å². The molecule has 0 saturated carbocycles. The fraction of sp³-hybridized carbons (Fsp3) is 0.214. The van der Waals surface area contributed by atoms with Crippen molar-refractivity contribution < 1.29 is 18.3 Å². The number of carbonyl (C=O) groups is 1. The number of hydrogen-bond acceptors (Lipinski definition) is 5. The molecule has 3 rings (SSSR count). The molecule has 23 heavy (non-hydrogen) atoms. The van der Waals surface area contributed by atoms with Crippen LogP contribution >= 0.6 is 11.3 Å². The van der Waals surface area contributed by atoms with Crippen LogP contribution in [0.3, 0.4) is 0 Å². The van der Waals surface area contributed by atoms with Crippen LogP contribution in [-0.2, 0) is 11.3 Å². The van der Waals surface area contributed by atoms with Gasteiger partial charge in [-0.1, -0.05) is 11.3 Å². The number of fused-ring (bicyclic) bond motifs is 1. The predicted octanol–water partition coefficient (Wildman–Crippen LogP) is 3.04. The molecule has 1 amide bonds. The van der Waals surface area contributed by atoms with Gasteiger partial charge >= 0.3 is 6.61 Å². The molecule has 120 valence electrons. The zero-order valence-corrected chi connectivity index (χ0v) is 12.8. The van der Waals surface area contributed by atoms with Gasteiger partial charge in [0.25, 0.3) is 0 Å².